The topological polar surface area (TPSA) is 64.9 Å². The lowest BCUT2D eigenvalue weighted by atomic mass is 10.1. The number of alkyl halides is 3. The number of aromatic nitrogens is 4. The summed E-state index contributed by atoms with van der Waals surface area (Å²) < 4.78 is 47.6. The molecule has 6 nitrogen and oxygen atoms in total. The Morgan fingerprint density at radius 2 is 1.78 bits per heavy atom. The average Bonchev–Trinajstić information content (AvgIpc) is 3.19. The van der Waals surface area contributed by atoms with Crippen molar-refractivity contribution in [1.82, 2.24) is 19.5 Å². The minimum absolute atomic E-state index is 0.115. The zero-order valence-electron chi connectivity index (χ0n) is 17.0. The van der Waals surface area contributed by atoms with Crippen LogP contribution in [0.25, 0.3) is 16.9 Å². The molecule has 10 heteroatoms. The number of benzene rings is 2. The maximum Gasteiger partial charge on any atom is 0.433 e. The van der Waals surface area contributed by atoms with E-state index in [1.54, 1.807) is 53.4 Å². The molecular weight excluding hydrogens is 443 g/mol. The lowest BCUT2D eigenvalue weighted by molar-refractivity contribution is -0.141. The number of nitrogens with one attached hydrogen (secondary N) is 1. The molecule has 2 aromatic heterocycles. The quantitative estimate of drug-likeness (QED) is 0.393. The Labute approximate surface area is 186 Å². The second-order valence-corrected chi connectivity index (χ2v) is 7.34. The molecule has 0 atom stereocenters. The Morgan fingerprint density at radius 1 is 1.03 bits per heavy atom. The Hall–Kier alpha value is -3.59. The van der Waals surface area contributed by atoms with Crippen LogP contribution in [0.4, 0.5) is 24.8 Å². The van der Waals surface area contributed by atoms with Crippen LogP contribution in [0.5, 0.6) is 5.75 Å². The van der Waals surface area contributed by atoms with E-state index in [-0.39, 0.29) is 11.6 Å². The lowest BCUT2D eigenvalue weighted by Gasteiger charge is -2.14. The van der Waals surface area contributed by atoms with Gasteiger partial charge in [0.25, 0.3) is 0 Å². The summed E-state index contributed by atoms with van der Waals surface area (Å²) in [6, 6.07) is 12.4. The highest BCUT2D eigenvalue weighted by atomic mass is 35.5. The maximum atomic E-state index is 13.5. The van der Waals surface area contributed by atoms with E-state index in [4.69, 9.17) is 16.3 Å². The minimum atomic E-state index is -4.64. The van der Waals surface area contributed by atoms with Crippen molar-refractivity contribution in [1.29, 1.82) is 0 Å². The monoisotopic (exact) mass is 459 g/mol. The third kappa shape index (κ3) is 4.67. The summed E-state index contributed by atoms with van der Waals surface area (Å²) in [5.41, 5.74) is 1.56. The average molecular weight is 460 g/mol. The zero-order valence-corrected chi connectivity index (χ0v) is 17.7. The number of imidazole rings is 1. The van der Waals surface area contributed by atoms with Crippen LogP contribution in [0.1, 0.15) is 11.4 Å². The number of rotatable bonds is 5. The molecule has 32 heavy (non-hydrogen) atoms. The number of methoxy groups -OCH3 is 1. The molecule has 0 amide bonds. The predicted molar refractivity (Wildman–Crippen MR) is 116 cm³/mol. The standard InChI is InChI=1S/C22H17ClF3N5O/c1-13-11-31(12-27-13)18-8-7-16(9-19(18)32-2)28-21-29-17(10-20(30-21)22(24,25)26)14-3-5-15(23)6-4-14/h3-12H,1-2H3,(H,28,29,30). The molecule has 1 N–H and O–H groups in total. The molecule has 2 aromatic carbocycles. The highest BCUT2D eigenvalue weighted by Crippen LogP contribution is 2.33. The van der Waals surface area contributed by atoms with Gasteiger partial charge in [0, 0.05) is 28.5 Å². The fourth-order valence-electron chi connectivity index (χ4n) is 3.07. The molecule has 2 heterocycles. The van der Waals surface area contributed by atoms with Gasteiger partial charge in [-0.05, 0) is 37.3 Å². The minimum Gasteiger partial charge on any atom is -0.494 e. The fourth-order valence-corrected chi connectivity index (χ4v) is 3.19. The first-order valence-corrected chi connectivity index (χ1v) is 9.79. The van der Waals surface area contributed by atoms with Gasteiger partial charge in [-0.1, -0.05) is 23.7 Å². The van der Waals surface area contributed by atoms with E-state index in [1.165, 1.54) is 7.11 Å². The van der Waals surface area contributed by atoms with E-state index < -0.39 is 11.9 Å². The molecule has 0 aliphatic rings. The van der Waals surface area contributed by atoms with E-state index in [0.717, 1.165) is 17.4 Å². The van der Waals surface area contributed by atoms with Crippen LogP contribution >= 0.6 is 11.6 Å². The van der Waals surface area contributed by atoms with E-state index in [1.807, 2.05) is 13.1 Å². The Balaban J connectivity index is 1.72. The molecule has 0 aliphatic carbocycles. The number of ether oxygens (including phenoxy) is 1. The van der Waals surface area contributed by atoms with Gasteiger partial charge in [0.05, 0.1) is 30.5 Å². The number of halogens is 4. The van der Waals surface area contributed by atoms with Crippen LogP contribution in [0, 0.1) is 6.92 Å². The van der Waals surface area contributed by atoms with E-state index in [2.05, 4.69) is 20.3 Å². The number of anilines is 2. The molecular formula is C22H17ClF3N5O. The van der Waals surface area contributed by atoms with Crippen molar-refractivity contribution >= 4 is 23.2 Å². The normalized spacial score (nSPS) is 11.4. The molecule has 4 aromatic rings. The summed E-state index contributed by atoms with van der Waals surface area (Å²) in [5, 5.41) is 3.31. The molecule has 0 fully saturated rings. The molecule has 0 saturated carbocycles. The number of hydrogen-bond acceptors (Lipinski definition) is 5. The van der Waals surface area contributed by atoms with E-state index in [0.29, 0.717) is 22.0 Å². The molecule has 0 saturated heterocycles. The highest BCUT2D eigenvalue weighted by molar-refractivity contribution is 6.30. The molecule has 0 spiro atoms. The molecule has 0 aliphatic heterocycles. The summed E-state index contributed by atoms with van der Waals surface area (Å²) in [7, 11) is 1.51. The summed E-state index contributed by atoms with van der Waals surface area (Å²) in [4.78, 5) is 12.1. The van der Waals surface area contributed by atoms with Crippen LogP contribution in [0.2, 0.25) is 5.02 Å². The number of aryl methyl sites for hydroxylation is 1. The Kier molecular flexibility index (Phi) is 5.75. The van der Waals surface area contributed by atoms with Gasteiger partial charge in [0.15, 0.2) is 5.69 Å². The summed E-state index contributed by atoms with van der Waals surface area (Å²) in [6.07, 6.45) is -1.16. The molecule has 4 rings (SSSR count). The lowest BCUT2D eigenvalue weighted by Crippen LogP contribution is -2.11. The van der Waals surface area contributed by atoms with Crippen molar-refractivity contribution in [3.8, 4) is 22.7 Å². The van der Waals surface area contributed by atoms with Crippen molar-refractivity contribution in [2.45, 2.75) is 13.1 Å². The van der Waals surface area contributed by atoms with Crippen LogP contribution in [-0.2, 0) is 6.18 Å². The van der Waals surface area contributed by atoms with E-state index in [9.17, 15) is 13.2 Å². The summed E-state index contributed by atoms with van der Waals surface area (Å²) in [6.45, 7) is 1.86. The van der Waals surface area contributed by atoms with Crippen LogP contribution in [0.15, 0.2) is 61.1 Å². The first-order chi connectivity index (χ1) is 15.2. The second-order valence-electron chi connectivity index (χ2n) is 6.90. The predicted octanol–water partition coefficient (Wildman–Crippen LogP) is 6.06. The van der Waals surface area contributed by atoms with Gasteiger partial charge in [0.2, 0.25) is 5.95 Å². The highest BCUT2D eigenvalue weighted by Gasteiger charge is 2.34. The van der Waals surface area contributed by atoms with Crippen LogP contribution in [-0.4, -0.2) is 26.6 Å². The fraction of sp³-hybridized carbons (Fsp3) is 0.136. The van der Waals surface area contributed by atoms with Crippen molar-refractivity contribution in [3.63, 3.8) is 0 Å². The van der Waals surface area contributed by atoms with Crippen molar-refractivity contribution in [2.24, 2.45) is 0 Å². The first kappa shape index (κ1) is 21.6. The van der Waals surface area contributed by atoms with Crippen molar-refractivity contribution in [2.75, 3.05) is 12.4 Å². The summed E-state index contributed by atoms with van der Waals surface area (Å²) >= 11 is 5.89. The smallest absolute Gasteiger partial charge is 0.433 e. The van der Waals surface area contributed by atoms with E-state index >= 15 is 0 Å². The first-order valence-electron chi connectivity index (χ1n) is 9.41. The molecule has 0 unspecified atom stereocenters. The molecule has 0 bridgehead atoms. The largest absolute Gasteiger partial charge is 0.494 e. The van der Waals surface area contributed by atoms with Crippen molar-refractivity contribution < 1.29 is 17.9 Å². The molecule has 0 radical (unpaired) electrons. The van der Waals surface area contributed by atoms with Gasteiger partial charge in [-0.2, -0.15) is 13.2 Å². The number of hydrogen-bond donors (Lipinski definition) is 1. The summed E-state index contributed by atoms with van der Waals surface area (Å²) in [5.74, 6) is 0.301. The van der Waals surface area contributed by atoms with Crippen LogP contribution < -0.4 is 10.1 Å². The maximum absolute atomic E-state index is 13.5. The molecule has 164 valence electrons. The van der Waals surface area contributed by atoms with Crippen LogP contribution in [0.3, 0.4) is 0 Å². The van der Waals surface area contributed by atoms with Gasteiger partial charge in [-0.3, -0.25) is 0 Å². The second kappa shape index (κ2) is 8.51. The van der Waals surface area contributed by atoms with Gasteiger partial charge in [0.1, 0.15) is 5.75 Å². The zero-order chi connectivity index (χ0) is 22.9. The van der Waals surface area contributed by atoms with Crippen molar-refractivity contribution in [3.05, 3.63) is 77.5 Å². The Bertz CT molecular complexity index is 1260. The van der Waals surface area contributed by atoms with Gasteiger partial charge < -0.3 is 14.6 Å². The number of nitrogens with zero attached hydrogens (tertiary/aromatic N) is 4. The van der Waals surface area contributed by atoms with Gasteiger partial charge in [-0.15, -0.1) is 0 Å². The third-order valence-corrected chi connectivity index (χ3v) is 4.83. The SMILES string of the molecule is COc1cc(Nc2nc(-c3ccc(Cl)cc3)cc(C(F)(F)F)n2)ccc1-n1cnc(C)c1. The van der Waals surface area contributed by atoms with Gasteiger partial charge >= 0.3 is 6.18 Å². The van der Waals surface area contributed by atoms with Gasteiger partial charge in [-0.25, -0.2) is 15.0 Å². The third-order valence-electron chi connectivity index (χ3n) is 4.58. The Morgan fingerprint density at radius 3 is 2.41 bits per heavy atom.